The summed E-state index contributed by atoms with van der Waals surface area (Å²) in [5.74, 6) is 0.126. The largest absolute Gasteiger partial charge is 0.497 e. The number of amides is 1. The van der Waals surface area contributed by atoms with Crippen molar-refractivity contribution < 1.29 is 17.9 Å². The molecule has 1 saturated heterocycles. The van der Waals surface area contributed by atoms with E-state index >= 15 is 0 Å². The molecule has 0 spiro atoms. The van der Waals surface area contributed by atoms with Crippen LogP contribution in [-0.4, -0.2) is 57.5 Å². The van der Waals surface area contributed by atoms with Gasteiger partial charge in [-0.05, 0) is 42.5 Å². The number of anilines is 2. The number of hydrogen-bond donors (Lipinski definition) is 2. The van der Waals surface area contributed by atoms with Gasteiger partial charge in [-0.25, -0.2) is 8.42 Å². The van der Waals surface area contributed by atoms with E-state index in [0.717, 1.165) is 5.69 Å². The summed E-state index contributed by atoms with van der Waals surface area (Å²) < 4.78 is 33.7. The number of rotatable bonds is 6. The first-order chi connectivity index (χ1) is 17.9. The number of carbonyl (C=O) groups excluding carboxylic acids is 1. The normalized spacial score (nSPS) is 14.0. The Balaban J connectivity index is 1.38. The van der Waals surface area contributed by atoms with E-state index < -0.39 is 15.5 Å². The maximum absolute atomic E-state index is 13.3. The summed E-state index contributed by atoms with van der Waals surface area (Å²) in [6, 6.07) is 20.7. The number of methoxy groups -OCH3 is 1. The molecule has 4 aromatic rings. The van der Waals surface area contributed by atoms with Crippen LogP contribution in [0, 0.1) is 0 Å². The lowest BCUT2D eigenvalue weighted by molar-refractivity contribution is 0.0745. The third-order valence-corrected chi connectivity index (χ3v) is 7.78. The minimum absolute atomic E-state index is 0.0176. The van der Waals surface area contributed by atoms with Gasteiger partial charge in [0.05, 0.1) is 17.7 Å². The molecule has 5 rings (SSSR count). The first kappa shape index (κ1) is 24.4. The van der Waals surface area contributed by atoms with Gasteiger partial charge in [0, 0.05) is 55.0 Å². The SMILES string of the molecule is COc1cccc(NS(=O)(=O)c2ccc3[nH]cc(C(=O)N4CCN(c5ccccc5)CC4)c(=O)c3c2)c1. The number of ether oxygens (including phenoxy) is 1. The van der Waals surface area contributed by atoms with Crippen LogP contribution in [0.3, 0.4) is 0 Å². The summed E-state index contributed by atoms with van der Waals surface area (Å²) in [5, 5.41) is 0.127. The van der Waals surface area contributed by atoms with E-state index in [1.165, 1.54) is 31.5 Å². The number of para-hydroxylation sites is 1. The van der Waals surface area contributed by atoms with E-state index in [2.05, 4.69) is 14.6 Å². The van der Waals surface area contributed by atoms with Crippen molar-refractivity contribution >= 4 is 38.2 Å². The molecule has 1 aromatic heterocycles. The molecule has 2 N–H and O–H groups in total. The minimum atomic E-state index is -3.99. The third kappa shape index (κ3) is 5.01. The number of aromatic nitrogens is 1. The van der Waals surface area contributed by atoms with Gasteiger partial charge >= 0.3 is 0 Å². The summed E-state index contributed by atoms with van der Waals surface area (Å²) in [7, 11) is -2.50. The second kappa shape index (κ2) is 9.98. The van der Waals surface area contributed by atoms with Crippen LogP contribution in [0.1, 0.15) is 10.4 Å². The average Bonchev–Trinajstić information content (AvgIpc) is 2.93. The summed E-state index contributed by atoms with van der Waals surface area (Å²) >= 11 is 0. The standard InChI is InChI=1S/C27H26N4O5S/c1-36-21-9-5-6-19(16-21)29-37(34,35)22-10-11-25-23(17-22)26(32)24(18-28-25)27(33)31-14-12-30(13-15-31)20-7-3-2-4-8-20/h2-11,16-18,29H,12-15H2,1H3,(H,28,32). The van der Waals surface area contributed by atoms with Crippen molar-refractivity contribution in [2.24, 2.45) is 0 Å². The molecule has 1 aliphatic rings. The van der Waals surface area contributed by atoms with Crippen molar-refractivity contribution in [1.82, 2.24) is 9.88 Å². The van der Waals surface area contributed by atoms with Gasteiger partial charge in [-0.2, -0.15) is 0 Å². The molecule has 1 amide bonds. The Morgan fingerprint density at radius 2 is 1.70 bits per heavy atom. The predicted octanol–water partition coefficient (Wildman–Crippen LogP) is 3.30. The van der Waals surface area contributed by atoms with Gasteiger partial charge in [-0.1, -0.05) is 24.3 Å². The van der Waals surface area contributed by atoms with Crippen LogP contribution in [0.15, 0.2) is 88.7 Å². The van der Waals surface area contributed by atoms with E-state index in [1.807, 2.05) is 30.3 Å². The van der Waals surface area contributed by atoms with Gasteiger partial charge in [-0.15, -0.1) is 0 Å². The van der Waals surface area contributed by atoms with Crippen LogP contribution in [0.5, 0.6) is 5.75 Å². The third-order valence-electron chi connectivity index (χ3n) is 6.40. The number of H-pyrrole nitrogens is 1. The van der Waals surface area contributed by atoms with Crippen molar-refractivity contribution in [3.63, 3.8) is 0 Å². The maximum atomic E-state index is 13.3. The lowest BCUT2D eigenvalue weighted by Gasteiger charge is -2.36. The van der Waals surface area contributed by atoms with Crippen LogP contribution in [0.25, 0.3) is 10.9 Å². The van der Waals surface area contributed by atoms with Crippen molar-refractivity contribution in [3.8, 4) is 5.75 Å². The number of pyridine rings is 1. The van der Waals surface area contributed by atoms with E-state index in [4.69, 9.17) is 4.74 Å². The Labute approximate surface area is 214 Å². The monoisotopic (exact) mass is 518 g/mol. The summed E-state index contributed by atoms with van der Waals surface area (Å²) in [6.45, 7) is 2.26. The zero-order valence-electron chi connectivity index (χ0n) is 20.2. The Bertz CT molecular complexity index is 1610. The number of fused-ring (bicyclic) bond motifs is 1. The number of piperazine rings is 1. The average molecular weight is 519 g/mol. The molecule has 1 fully saturated rings. The zero-order valence-corrected chi connectivity index (χ0v) is 21.0. The molecule has 0 saturated carbocycles. The highest BCUT2D eigenvalue weighted by atomic mass is 32.2. The molecule has 0 radical (unpaired) electrons. The molecule has 0 unspecified atom stereocenters. The summed E-state index contributed by atoms with van der Waals surface area (Å²) in [6.07, 6.45) is 1.40. The highest BCUT2D eigenvalue weighted by Gasteiger charge is 2.25. The summed E-state index contributed by atoms with van der Waals surface area (Å²) in [5.41, 5.74) is 1.33. The van der Waals surface area contributed by atoms with Crippen LogP contribution in [0.2, 0.25) is 0 Å². The second-order valence-electron chi connectivity index (χ2n) is 8.69. The van der Waals surface area contributed by atoms with Crippen LogP contribution in [0.4, 0.5) is 11.4 Å². The van der Waals surface area contributed by atoms with E-state index in [0.29, 0.717) is 43.1 Å². The molecule has 1 aliphatic heterocycles. The number of carbonyl (C=O) groups is 1. The quantitative estimate of drug-likeness (QED) is 0.405. The first-order valence-electron chi connectivity index (χ1n) is 11.8. The number of benzene rings is 3. The lowest BCUT2D eigenvalue weighted by Crippen LogP contribution is -2.49. The molecule has 37 heavy (non-hydrogen) atoms. The molecule has 10 heteroatoms. The highest BCUT2D eigenvalue weighted by molar-refractivity contribution is 7.92. The fourth-order valence-electron chi connectivity index (χ4n) is 4.40. The van der Waals surface area contributed by atoms with Crippen molar-refractivity contribution in [2.45, 2.75) is 4.90 Å². The maximum Gasteiger partial charge on any atom is 0.261 e. The zero-order chi connectivity index (χ0) is 26.0. The van der Waals surface area contributed by atoms with Crippen LogP contribution in [-0.2, 0) is 10.0 Å². The van der Waals surface area contributed by atoms with Gasteiger partial charge < -0.3 is 19.5 Å². The number of sulfonamides is 1. The van der Waals surface area contributed by atoms with Crippen molar-refractivity contribution in [1.29, 1.82) is 0 Å². The number of hydrogen-bond acceptors (Lipinski definition) is 6. The predicted molar refractivity (Wildman–Crippen MR) is 143 cm³/mol. The van der Waals surface area contributed by atoms with Crippen molar-refractivity contribution in [2.75, 3.05) is 42.9 Å². The van der Waals surface area contributed by atoms with Crippen molar-refractivity contribution in [3.05, 3.63) is 94.8 Å². The molecular weight excluding hydrogens is 492 g/mol. The topological polar surface area (TPSA) is 112 Å². The molecular formula is C27H26N4O5S. The number of nitrogens with zero attached hydrogens (tertiary/aromatic N) is 2. The fraction of sp³-hybridized carbons (Fsp3) is 0.185. The number of nitrogens with one attached hydrogen (secondary N) is 2. The van der Waals surface area contributed by atoms with Gasteiger partial charge in [0.1, 0.15) is 11.3 Å². The molecule has 2 heterocycles. The highest BCUT2D eigenvalue weighted by Crippen LogP contribution is 2.23. The molecule has 190 valence electrons. The van der Waals surface area contributed by atoms with Gasteiger partial charge in [0.2, 0.25) is 5.43 Å². The molecule has 3 aromatic carbocycles. The number of aromatic amines is 1. The Hall–Kier alpha value is -4.31. The lowest BCUT2D eigenvalue weighted by atomic mass is 10.1. The minimum Gasteiger partial charge on any atom is -0.497 e. The van der Waals surface area contributed by atoms with Gasteiger partial charge in [0.25, 0.3) is 15.9 Å². The Morgan fingerprint density at radius 1 is 0.946 bits per heavy atom. The Morgan fingerprint density at radius 3 is 2.43 bits per heavy atom. The smallest absolute Gasteiger partial charge is 0.261 e. The summed E-state index contributed by atoms with van der Waals surface area (Å²) in [4.78, 5) is 33.3. The molecule has 9 nitrogen and oxygen atoms in total. The van der Waals surface area contributed by atoms with E-state index in [1.54, 1.807) is 29.2 Å². The molecule has 0 atom stereocenters. The van der Waals surface area contributed by atoms with E-state index in [9.17, 15) is 18.0 Å². The fourth-order valence-corrected chi connectivity index (χ4v) is 5.48. The molecule has 0 aliphatic carbocycles. The van der Waals surface area contributed by atoms with Crippen LogP contribution < -0.4 is 19.8 Å². The first-order valence-corrected chi connectivity index (χ1v) is 13.3. The Kier molecular flexibility index (Phi) is 6.58. The second-order valence-corrected chi connectivity index (χ2v) is 10.4. The molecule has 0 bridgehead atoms. The van der Waals surface area contributed by atoms with Gasteiger partial charge in [-0.3, -0.25) is 14.3 Å². The van der Waals surface area contributed by atoms with Crippen LogP contribution >= 0.6 is 0 Å². The van der Waals surface area contributed by atoms with E-state index in [-0.39, 0.29) is 21.8 Å². The van der Waals surface area contributed by atoms with Gasteiger partial charge in [0.15, 0.2) is 0 Å².